The van der Waals surface area contributed by atoms with Gasteiger partial charge in [0.2, 0.25) is 0 Å². The van der Waals surface area contributed by atoms with Crippen molar-refractivity contribution >= 4 is 22.0 Å². The maximum absolute atomic E-state index is 12.2. The molecule has 8 nitrogen and oxygen atoms in total. The third-order valence-electron chi connectivity index (χ3n) is 3.21. The van der Waals surface area contributed by atoms with Crippen LogP contribution in [-0.4, -0.2) is 46.9 Å². The second kappa shape index (κ2) is 5.71. The van der Waals surface area contributed by atoms with E-state index in [9.17, 15) is 13.2 Å². The molecule has 9 heteroatoms. The van der Waals surface area contributed by atoms with Gasteiger partial charge >= 0.3 is 16.2 Å². The molecule has 1 aliphatic heterocycles. The Morgan fingerprint density at radius 1 is 1.35 bits per heavy atom. The van der Waals surface area contributed by atoms with Crippen LogP contribution in [0.2, 0.25) is 0 Å². The van der Waals surface area contributed by atoms with Crippen molar-refractivity contribution in [2.45, 2.75) is 19.8 Å². The number of aromatic carboxylic acids is 1. The molecule has 1 aliphatic rings. The summed E-state index contributed by atoms with van der Waals surface area (Å²) in [6, 6.07) is 0. The van der Waals surface area contributed by atoms with Crippen LogP contribution in [0.3, 0.4) is 0 Å². The molecule has 110 valence electrons. The lowest BCUT2D eigenvalue weighted by atomic mass is 10.0. The molecule has 2 rings (SSSR count). The molecule has 0 radical (unpaired) electrons. The number of carboxylic acid groups (broad SMARTS) is 1. The minimum absolute atomic E-state index is 0.265. The van der Waals surface area contributed by atoms with Crippen LogP contribution in [-0.2, 0) is 10.2 Å². The Hall–Kier alpha value is -1.74. The lowest BCUT2D eigenvalue weighted by molar-refractivity contribution is 0.0691. The van der Waals surface area contributed by atoms with Crippen molar-refractivity contribution in [3.05, 3.63) is 18.1 Å². The van der Waals surface area contributed by atoms with Gasteiger partial charge in [0.25, 0.3) is 0 Å². The van der Waals surface area contributed by atoms with E-state index in [-0.39, 0.29) is 5.82 Å². The van der Waals surface area contributed by atoms with Gasteiger partial charge < -0.3 is 5.11 Å². The molecular weight excluding hydrogens is 284 g/mol. The number of anilines is 1. The van der Waals surface area contributed by atoms with Gasteiger partial charge in [-0.3, -0.25) is 4.72 Å². The van der Waals surface area contributed by atoms with E-state index in [1.807, 2.05) is 0 Å². The van der Waals surface area contributed by atoms with Gasteiger partial charge in [0.15, 0.2) is 11.5 Å². The highest BCUT2D eigenvalue weighted by atomic mass is 32.2. The minimum atomic E-state index is -3.80. The summed E-state index contributed by atoms with van der Waals surface area (Å²) in [6.07, 6.45) is 4.01. The van der Waals surface area contributed by atoms with Crippen molar-refractivity contribution in [3.8, 4) is 0 Å². The van der Waals surface area contributed by atoms with Gasteiger partial charge in [-0.1, -0.05) is 6.92 Å². The van der Waals surface area contributed by atoms with Crippen molar-refractivity contribution in [2.24, 2.45) is 5.92 Å². The number of piperidine rings is 1. The van der Waals surface area contributed by atoms with E-state index in [4.69, 9.17) is 5.11 Å². The molecule has 0 bridgehead atoms. The maximum atomic E-state index is 12.2. The fourth-order valence-corrected chi connectivity index (χ4v) is 3.20. The standard InChI is InChI=1S/C11H16N4O4S/c1-8-2-6-15(7-3-8)20(18,19)14-10-9(11(16)17)12-4-5-13-10/h4-5,8H,2-3,6-7H2,1H3,(H,13,14)(H,16,17). The Morgan fingerprint density at radius 2 is 1.95 bits per heavy atom. The highest BCUT2D eigenvalue weighted by Crippen LogP contribution is 2.20. The number of carbonyl (C=O) groups is 1. The summed E-state index contributed by atoms with van der Waals surface area (Å²) >= 11 is 0. The number of hydrogen-bond donors (Lipinski definition) is 2. The van der Waals surface area contributed by atoms with Crippen LogP contribution in [0.25, 0.3) is 0 Å². The Morgan fingerprint density at radius 3 is 2.55 bits per heavy atom. The fourth-order valence-electron chi connectivity index (χ4n) is 1.98. The third-order valence-corrected chi connectivity index (χ3v) is 4.71. The summed E-state index contributed by atoms with van der Waals surface area (Å²) in [5.74, 6) is -1.10. The number of rotatable bonds is 4. The van der Waals surface area contributed by atoms with Gasteiger partial charge in [0.05, 0.1) is 0 Å². The summed E-state index contributed by atoms with van der Waals surface area (Å²) < 4.78 is 27.9. The largest absolute Gasteiger partial charge is 0.476 e. The van der Waals surface area contributed by atoms with Crippen LogP contribution in [0.4, 0.5) is 5.82 Å². The predicted octanol–water partition coefficient (Wildman–Crippen LogP) is 0.563. The smallest absolute Gasteiger partial charge is 0.358 e. The maximum Gasteiger partial charge on any atom is 0.358 e. The zero-order valence-corrected chi connectivity index (χ0v) is 11.8. The first kappa shape index (κ1) is 14.7. The molecule has 0 spiro atoms. The first-order chi connectivity index (χ1) is 9.40. The molecule has 0 amide bonds. The highest BCUT2D eigenvalue weighted by molar-refractivity contribution is 7.90. The van der Waals surface area contributed by atoms with Crippen molar-refractivity contribution in [3.63, 3.8) is 0 Å². The molecule has 0 aliphatic carbocycles. The topological polar surface area (TPSA) is 112 Å². The molecule has 0 unspecified atom stereocenters. The molecule has 2 heterocycles. The summed E-state index contributed by atoms with van der Waals surface area (Å²) in [4.78, 5) is 18.3. The summed E-state index contributed by atoms with van der Waals surface area (Å²) in [6.45, 7) is 2.90. The Bertz CT molecular complexity index is 596. The molecular formula is C11H16N4O4S. The number of aromatic nitrogens is 2. The average molecular weight is 300 g/mol. The molecule has 2 N–H and O–H groups in total. The molecule has 20 heavy (non-hydrogen) atoms. The lowest BCUT2D eigenvalue weighted by Crippen LogP contribution is -2.41. The van der Waals surface area contributed by atoms with Gasteiger partial charge in [-0.25, -0.2) is 14.8 Å². The van der Waals surface area contributed by atoms with Crippen molar-refractivity contribution in [2.75, 3.05) is 17.8 Å². The normalized spacial score (nSPS) is 17.9. The van der Waals surface area contributed by atoms with Crippen LogP contribution in [0.5, 0.6) is 0 Å². The highest BCUT2D eigenvalue weighted by Gasteiger charge is 2.28. The predicted molar refractivity (Wildman–Crippen MR) is 71.5 cm³/mol. The second-order valence-corrected chi connectivity index (χ2v) is 6.42. The molecule has 0 aromatic carbocycles. The minimum Gasteiger partial charge on any atom is -0.476 e. The van der Waals surface area contributed by atoms with Gasteiger partial charge in [-0.2, -0.15) is 12.7 Å². The van der Waals surface area contributed by atoms with Gasteiger partial charge in [-0.15, -0.1) is 0 Å². The van der Waals surface area contributed by atoms with E-state index in [0.717, 1.165) is 12.8 Å². The quantitative estimate of drug-likeness (QED) is 0.840. The first-order valence-corrected chi connectivity index (χ1v) is 7.66. The fraction of sp³-hybridized carbons (Fsp3) is 0.545. The summed E-state index contributed by atoms with van der Waals surface area (Å²) in [5, 5.41) is 8.96. The van der Waals surface area contributed by atoms with Crippen molar-refractivity contribution in [1.29, 1.82) is 0 Å². The number of carboxylic acids is 1. The average Bonchev–Trinajstić information content (AvgIpc) is 2.39. The van der Waals surface area contributed by atoms with E-state index in [0.29, 0.717) is 19.0 Å². The van der Waals surface area contributed by atoms with Crippen LogP contribution in [0, 0.1) is 5.92 Å². The van der Waals surface area contributed by atoms with Gasteiger partial charge in [0, 0.05) is 25.5 Å². The van der Waals surface area contributed by atoms with Crippen molar-refractivity contribution < 1.29 is 18.3 Å². The Labute approximate surface area is 117 Å². The summed E-state index contributed by atoms with van der Waals surface area (Å²) in [5.41, 5.74) is -0.415. The molecule has 0 atom stereocenters. The number of nitrogens with zero attached hydrogens (tertiary/aromatic N) is 3. The van der Waals surface area contributed by atoms with Crippen LogP contribution in [0.15, 0.2) is 12.4 Å². The van der Waals surface area contributed by atoms with Crippen LogP contribution in [0.1, 0.15) is 30.3 Å². The van der Waals surface area contributed by atoms with Gasteiger partial charge in [-0.05, 0) is 18.8 Å². The van der Waals surface area contributed by atoms with E-state index < -0.39 is 21.9 Å². The van der Waals surface area contributed by atoms with Gasteiger partial charge in [0.1, 0.15) is 0 Å². The number of hydrogen-bond acceptors (Lipinski definition) is 5. The SMILES string of the molecule is CC1CCN(S(=O)(=O)Nc2nccnc2C(=O)O)CC1. The van der Waals surface area contributed by atoms with E-state index in [2.05, 4.69) is 21.6 Å². The monoisotopic (exact) mass is 300 g/mol. The van der Waals surface area contributed by atoms with Crippen molar-refractivity contribution in [1.82, 2.24) is 14.3 Å². The van der Waals surface area contributed by atoms with Crippen LogP contribution < -0.4 is 4.72 Å². The molecule has 0 saturated carbocycles. The Kier molecular flexibility index (Phi) is 4.19. The third kappa shape index (κ3) is 3.23. The molecule has 1 aromatic heterocycles. The summed E-state index contributed by atoms with van der Waals surface area (Å²) in [7, 11) is -3.80. The molecule has 1 aromatic rings. The van der Waals surface area contributed by atoms with E-state index in [1.54, 1.807) is 0 Å². The van der Waals surface area contributed by atoms with E-state index in [1.165, 1.54) is 16.7 Å². The van der Waals surface area contributed by atoms with Crippen LogP contribution >= 0.6 is 0 Å². The zero-order valence-electron chi connectivity index (χ0n) is 11.0. The first-order valence-electron chi connectivity index (χ1n) is 6.22. The lowest BCUT2D eigenvalue weighted by Gasteiger charge is -2.29. The molecule has 1 fully saturated rings. The zero-order chi connectivity index (χ0) is 14.8. The van der Waals surface area contributed by atoms with E-state index >= 15 is 0 Å². The second-order valence-electron chi connectivity index (χ2n) is 4.75. The molecule has 1 saturated heterocycles. The Balaban J connectivity index is 2.18. The number of nitrogens with one attached hydrogen (secondary N) is 1.